The number of rotatable bonds is 6. The van der Waals surface area contributed by atoms with E-state index in [-0.39, 0.29) is 10.1 Å². The van der Waals surface area contributed by atoms with Crippen molar-refractivity contribution in [1.82, 2.24) is 15.2 Å². The second kappa shape index (κ2) is 8.28. The summed E-state index contributed by atoms with van der Waals surface area (Å²) in [4.78, 5) is 15.8. The zero-order chi connectivity index (χ0) is 19.4. The number of aryl methyl sites for hydroxylation is 1. The minimum absolute atomic E-state index is 0.00228. The molecule has 27 heavy (non-hydrogen) atoms. The van der Waals surface area contributed by atoms with E-state index < -0.39 is 5.97 Å². The zero-order valence-electron chi connectivity index (χ0n) is 14.5. The number of hydrogen-bond acceptors (Lipinski definition) is 6. The highest BCUT2D eigenvalue weighted by molar-refractivity contribution is 8.04. The van der Waals surface area contributed by atoms with E-state index in [9.17, 15) is 9.90 Å². The van der Waals surface area contributed by atoms with Crippen LogP contribution in [0.25, 0.3) is 17.5 Å². The topological polar surface area (TPSA) is 90.9 Å². The molecule has 0 saturated heterocycles. The molecule has 0 saturated carbocycles. The molecule has 0 radical (unpaired) electrons. The molecule has 0 amide bonds. The number of nitrogens with one attached hydrogen (secondary N) is 1. The van der Waals surface area contributed by atoms with Crippen molar-refractivity contribution < 1.29 is 14.6 Å². The number of carbonyl (C=O) groups excluding carboxylic acids is 1. The predicted octanol–water partition coefficient (Wildman–Crippen LogP) is 3.33. The Hall–Kier alpha value is -2.77. The SMILES string of the molecule is COc1ccc(Cl)cc1-c1nc(S/C(=C\c2ccc(C)cc2)C(=O)[O-])n[nH]1. The highest BCUT2D eigenvalue weighted by Gasteiger charge is 2.14. The van der Waals surface area contributed by atoms with Gasteiger partial charge in [-0.05, 0) is 48.5 Å². The monoisotopic (exact) mass is 400 g/mol. The molecule has 0 aliphatic heterocycles. The number of ether oxygens (including phenoxy) is 1. The van der Waals surface area contributed by atoms with Gasteiger partial charge in [0, 0.05) is 9.93 Å². The van der Waals surface area contributed by atoms with E-state index in [1.807, 2.05) is 31.2 Å². The molecular weight excluding hydrogens is 386 g/mol. The highest BCUT2D eigenvalue weighted by Crippen LogP contribution is 2.32. The number of H-pyrrole nitrogens is 1. The fourth-order valence-corrected chi connectivity index (χ4v) is 3.20. The molecule has 0 aliphatic rings. The summed E-state index contributed by atoms with van der Waals surface area (Å²) >= 11 is 6.94. The smallest absolute Gasteiger partial charge is 0.213 e. The first-order valence-electron chi connectivity index (χ1n) is 7.90. The normalized spacial score (nSPS) is 11.4. The molecule has 0 bridgehead atoms. The van der Waals surface area contributed by atoms with Crippen LogP contribution in [-0.4, -0.2) is 28.3 Å². The Kier molecular flexibility index (Phi) is 5.83. The molecule has 3 rings (SSSR count). The van der Waals surface area contributed by atoms with Crippen LogP contribution >= 0.6 is 23.4 Å². The third-order valence-electron chi connectivity index (χ3n) is 3.66. The van der Waals surface area contributed by atoms with Gasteiger partial charge < -0.3 is 14.6 Å². The van der Waals surface area contributed by atoms with Crippen LogP contribution in [0.15, 0.2) is 52.5 Å². The van der Waals surface area contributed by atoms with E-state index in [0.29, 0.717) is 22.2 Å². The van der Waals surface area contributed by atoms with Gasteiger partial charge in [0.15, 0.2) is 5.82 Å². The van der Waals surface area contributed by atoms with Crippen LogP contribution in [0.2, 0.25) is 5.02 Å². The summed E-state index contributed by atoms with van der Waals surface area (Å²) in [6.07, 6.45) is 1.52. The Balaban J connectivity index is 1.88. The molecule has 0 spiro atoms. The van der Waals surface area contributed by atoms with Gasteiger partial charge in [-0.3, -0.25) is 5.10 Å². The summed E-state index contributed by atoms with van der Waals surface area (Å²) in [6, 6.07) is 12.6. The lowest BCUT2D eigenvalue weighted by molar-refractivity contribution is -0.297. The number of carboxylic acid groups (broad SMARTS) is 1. The lowest BCUT2D eigenvalue weighted by Crippen LogP contribution is -2.23. The predicted molar refractivity (Wildman–Crippen MR) is 103 cm³/mol. The van der Waals surface area contributed by atoms with Crippen molar-refractivity contribution in [3.05, 3.63) is 63.5 Å². The van der Waals surface area contributed by atoms with Crippen LogP contribution in [-0.2, 0) is 4.79 Å². The van der Waals surface area contributed by atoms with Gasteiger partial charge in [0.05, 0.1) is 18.6 Å². The highest BCUT2D eigenvalue weighted by atomic mass is 35.5. The van der Waals surface area contributed by atoms with Crippen molar-refractivity contribution in [2.45, 2.75) is 12.1 Å². The molecule has 2 aromatic carbocycles. The van der Waals surface area contributed by atoms with Crippen molar-refractivity contribution in [2.75, 3.05) is 7.11 Å². The molecule has 1 heterocycles. The van der Waals surface area contributed by atoms with E-state index in [1.54, 1.807) is 18.2 Å². The van der Waals surface area contributed by atoms with Gasteiger partial charge in [0.25, 0.3) is 0 Å². The number of carbonyl (C=O) groups is 1. The Labute approximate surface area is 165 Å². The standard InChI is InChI=1S/C19H16ClN3O3S/c1-11-3-5-12(6-4-11)9-16(18(24)25)27-19-21-17(22-23-19)14-10-13(20)7-8-15(14)26-2/h3-10H,1-2H3,(H,24,25)(H,21,22,23)/p-1/b16-9-. The van der Waals surface area contributed by atoms with E-state index in [1.165, 1.54) is 13.2 Å². The number of aromatic nitrogens is 3. The summed E-state index contributed by atoms with van der Waals surface area (Å²) in [5, 5.41) is 19.1. The number of methoxy groups -OCH3 is 1. The van der Waals surface area contributed by atoms with E-state index >= 15 is 0 Å². The van der Waals surface area contributed by atoms with Crippen LogP contribution in [0.5, 0.6) is 5.75 Å². The molecule has 6 nitrogen and oxygen atoms in total. The van der Waals surface area contributed by atoms with Gasteiger partial charge in [0.1, 0.15) is 5.75 Å². The van der Waals surface area contributed by atoms with E-state index in [2.05, 4.69) is 15.2 Å². The van der Waals surface area contributed by atoms with Crippen molar-refractivity contribution in [3.63, 3.8) is 0 Å². The van der Waals surface area contributed by atoms with E-state index in [4.69, 9.17) is 16.3 Å². The maximum absolute atomic E-state index is 11.5. The molecule has 138 valence electrons. The summed E-state index contributed by atoms with van der Waals surface area (Å²) in [5.74, 6) is -0.306. The maximum atomic E-state index is 11.5. The molecule has 0 fully saturated rings. The third-order valence-corrected chi connectivity index (χ3v) is 4.76. The molecule has 0 aliphatic carbocycles. The fraction of sp³-hybridized carbons (Fsp3) is 0.105. The molecule has 0 atom stereocenters. The number of aromatic amines is 1. The van der Waals surface area contributed by atoms with Crippen LogP contribution in [0, 0.1) is 6.92 Å². The van der Waals surface area contributed by atoms with Crippen LogP contribution in [0.3, 0.4) is 0 Å². The number of aliphatic carboxylic acids is 1. The number of carboxylic acids is 1. The van der Waals surface area contributed by atoms with Gasteiger partial charge in [-0.15, -0.1) is 5.10 Å². The number of halogens is 1. The molecule has 0 unspecified atom stereocenters. The molecule has 1 N–H and O–H groups in total. The summed E-state index contributed by atoms with van der Waals surface area (Å²) in [6.45, 7) is 1.96. The molecule has 8 heteroatoms. The summed E-state index contributed by atoms with van der Waals surface area (Å²) in [5.41, 5.74) is 2.46. The van der Waals surface area contributed by atoms with Gasteiger partial charge in [0.2, 0.25) is 5.16 Å². The second-order valence-electron chi connectivity index (χ2n) is 5.62. The first-order chi connectivity index (χ1) is 13.0. The van der Waals surface area contributed by atoms with Gasteiger partial charge in [-0.25, -0.2) is 4.98 Å². The Morgan fingerprint density at radius 2 is 2.00 bits per heavy atom. The summed E-state index contributed by atoms with van der Waals surface area (Å²) in [7, 11) is 1.54. The van der Waals surface area contributed by atoms with Crippen molar-refractivity contribution in [3.8, 4) is 17.1 Å². The number of thioether (sulfide) groups is 1. The van der Waals surface area contributed by atoms with Gasteiger partial charge >= 0.3 is 0 Å². The molecular formula is C19H15ClN3O3S-. The average molecular weight is 401 g/mol. The Morgan fingerprint density at radius 1 is 1.26 bits per heavy atom. The number of benzene rings is 2. The quantitative estimate of drug-likeness (QED) is 0.504. The maximum Gasteiger partial charge on any atom is 0.213 e. The van der Waals surface area contributed by atoms with Crippen LogP contribution < -0.4 is 9.84 Å². The lowest BCUT2D eigenvalue weighted by atomic mass is 10.1. The van der Waals surface area contributed by atoms with Crippen LogP contribution in [0.4, 0.5) is 0 Å². The largest absolute Gasteiger partial charge is 0.544 e. The first-order valence-corrected chi connectivity index (χ1v) is 9.09. The third kappa shape index (κ3) is 4.69. The van der Waals surface area contributed by atoms with Gasteiger partial charge in [-0.1, -0.05) is 41.4 Å². The number of hydrogen-bond donors (Lipinski definition) is 1. The number of nitrogens with zero attached hydrogens (tertiary/aromatic N) is 2. The fourth-order valence-electron chi connectivity index (χ4n) is 2.32. The zero-order valence-corrected chi connectivity index (χ0v) is 16.1. The van der Waals surface area contributed by atoms with Crippen LogP contribution in [0.1, 0.15) is 11.1 Å². The first kappa shape index (κ1) is 19.0. The van der Waals surface area contributed by atoms with E-state index in [0.717, 1.165) is 22.9 Å². The van der Waals surface area contributed by atoms with Crippen molar-refractivity contribution >= 4 is 35.4 Å². The lowest BCUT2D eigenvalue weighted by Gasteiger charge is -2.06. The second-order valence-corrected chi connectivity index (χ2v) is 7.07. The Bertz CT molecular complexity index is 1000. The average Bonchev–Trinajstić information content (AvgIpc) is 3.11. The van der Waals surface area contributed by atoms with Gasteiger partial charge in [-0.2, -0.15) is 0 Å². The molecule has 1 aromatic heterocycles. The van der Waals surface area contributed by atoms with Crippen molar-refractivity contribution in [2.24, 2.45) is 0 Å². The molecule has 3 aromatic rings. The minimum Gasteiger partial charge on any atom is -0.544 e. The minimum atomic E-state index is -1.30. The summed E-state index contributed by atoms with van der Waals surface area (Å²) < 4.78 is 5.30. The Morgan fingerprint density at radius 3 is 2.67 bits per heavy atom. The van der Waals surface area contributed by atoms with Crippen molar-refractivity contribution in [1.29, 1.82) is 0 Å².